The average Bonchev–Trinajstić information content (AvgIpc) is 3.03. The maximum absolute atomic E-state index is 11.3. The topological polar surface area (TPSA) is 81.4 Å². The molecule has 0 aliphatic carbocycles. The number of carbonyl (C=O) groups is 1. The molecule has 3 aromatic rings. The second kappa shape index (κ2) is 7.39. The van der Waals surface area contributed by atoms with Crippen LogP contribution in [0.1, 0.15) is 12.5 Å². The number of hydrogen-bond acceptors (Lipinski definition) is 5. The fourth-order valence-electron chi connectivity index (χ4n) is 2.24. The number of hydrogen-bond donors (Lipinski definition) is 1. The van der Waals surface area contributed by atoms with E-state index in [1.807, 2.05) is 54.6 Å². The number of nitrogens with one attached hydrogen (secondary N) is 1. The van der Waals surface area contributed by atoms with Gasteiger partial charge in [-0.05, 0) is 24.3 Å². The number of aliphatic imine (C=N–C) groups is 1. The largest absolute Gasteiger partial charge is 0.496 e. The summed E-state index contributed by atoms with van der Waals surface area (Å²) in [5.41, 5.74) is 1.60. The van der Waals surface area contributed by atoms with Gasteiger partial charge in [-0.3, -0.25) is 10.1 Å². The smallest absolute Gasteiger partial charge is 0.254 e. The van der Waals surface area contributed by atoms with Crippen LogP contribution in [0.3, 0.4) is 0 Å². The summed E-state index contributed by atoms with van der Waals surface area (Å²) in [7, 11) is 1.61. The number of para-hydroxylation sites is 2. The predicted molar refractivity (Wildman–Crippen MR) is 95.9 cm³/mol. The molecule has 0 atom stereocenters. The highest BCUT2D eigenvalue weighted by atomic mass is 16.5. The lowest BCUT2D eigenvalue weighted by molar-refractivity contribution is -0.114. The van der Waals surface area contributed by atoms with E-state index in [1.165, 1.54) is 6.92 Å². The number of benzene rings is 2. The molecule has 0 fully saturated rings. The first-order valence-corrected chi connectivity index (χ1v) is 7.64. The summed E-state index contributed by atoms with van der Waals surface area (Å²) in [5, 5.41) is 6.88. The predicted octanol–water partition coefficient (Wildman–Crippen LogP) is 2.98. The summed E-state index contributed by atoms with van der Waals surface area (Å²) < 4.78 is 6.88. The normalized spacial score (nSPS) is 10.8. The van der Waals surface area contributed by atoms with E-state index in [0.717, 1.165) is 11.3 Å². The summed E-state index contributed by atoms with van der Waals surface area (Å²) in [6.07, 6.45) is 1.65. The molecule has 0 unspecified atom stereocenters. The molecule has 2 aromatic carbocycles. The van der Waals surface area contributed by atoms with Gasteiger partial charge in [0, 0.05) is 18.7 Å². The van der Waals surface area contributed by atoms with Crippen molar-refractivity contribution in [2.45, 2.75) is 6.92 Å². The molecule has 1 N–H and O–H groups in total. The van der Waals surface area contributed by atoms with E-state index < -0.39 is 0 Å². The average molecular weight is 335 g/mol. The molecule has 25 heavy (non-hydrogen) atoms. The molecule has 0 saturated heterocycles. The van der Waals surface area contributed by atoms with E-state index in [0.29, 0.717) is 11.7 Å². The van der Waals surface area contributed by atoms with Crippen LogP contribution in [-0.2, 0) is 4.79 Å². The number of amides is 1. The highest BCUT2D eigenvalue weighted by Gasteiger charge is 2.11. The quantitative estimate of drug-likeness (QED) is 0.727. The lowest BCUT2D eigenvalue weighted by atomic mass is 10.2. The first kappa shape index (κ1) is 16.4. The molecule has 7 nitrogen and oxygen atoms in total. The van der Waals surface area contributed by atoms with Gasteiger partial charge in [-0.25, -0.2) is 4.99 Å². The van der Waals surface area contributed by atoms with Crippen molar-refractivity contribution in [3.63, 3.8) is 0 Å². The zero-order valence-electron chi connectivity index (χ0n) is 13.9. The van der Waals surface area contributed by atoms with E-state index in [9.17, 15) is 4.79 Å². The standard InChI is InChI=1S/C18H17N5O2/c1-13(24)20-17-21-18(23(22-17)15-9-4-3-5-10-15)19-12-14-8-6-7-11-16(14)25-2/h3-12H,1-2H3,(H,20,22,24). The third-order valence-corrected chi connectivity index (χ3v) is 3.34. The third-order valence-electron chi connectivity index (χ3n) is 3.34. The Balaban J connectivity index is 2.00. The Morgan fingerprint density at radius 3 is 2.60 bits per heavy atom. The molecule has 0 spiro atoms. The van der Waals surface area contributed by atoms with Crippen LogP contribution in [0.15, 0.2) is 59.6 Å². The molecule has 126 valence electrons. The monoisotopic (exact) mass is 335 g/mol. The molecule has 0 radical (unpaired) electrons. The van der Waals surface area contributed by atoms with E-state index in [1.54, 1.807) is 18.0 Å². The van der Waals surface area contributed by atoms with Gasteiger partial charge in [0.1, 0.15) is 5.75 Å². The maximum Gasteiger partial charge on any atom is 0.254 e. The number of methoxy groups -OCH3 is 1. The zero-order chi connectivity index (χ0) is 17.6. The van der Waals surface area contributed by atoms with Gasteiger partial charge in [-0.15, -0.1) is 5.10 Å². The Hall–Kier alpha value is -3.48. The summed E-state index contributed by atoms with van der Waals surface area (Å²) in [6.45, 7) is 1.40. The Morgan fingerprint density at radius 1 is 1.16 bits per heavy atom. The van der Waals surface area contributed by atoms with E-state index in [-0.39, 0.29) is 11.9 Å². The van der Waals surface area contributed by atoms with Gasteiger partial charge in [0.05, 0.1) is 12.8 Å². The molecule has 1 heterocycles. The Bertz CT molecular complexity index is 903. The number of carbonyl (C=O) groups excluding carboxylic acids is 1. The van der Waals surface area contributed by atoms with Crippen molar-refractivity contribution in [2.24, 2.45) is 4.99 Å². The van der Waals surface area contributed by atoms with Crippen molar-refractivity contribution in [1.82, 2.24) is 14.8 Å². The second-order valence-corrected chi connectivity index (χ2v) is 5.16. The first-order chi connectivity index (χ1) is 12.2. The SMILES string of the molecule is COc1ccccc1C=Nc1nc(NC(C)=O)nn1-c1ccccc1. The van der Waals surface area contributed by atoms with E-state index >= 15 is 0 Å². The van der Waals surface area contributed by atoms with Crippen LogP contribution in [0.2, 0.25) is 0 Å². The molecular weight excluding hydrogens is 318 g/mol. The van der Waals surface area contributed by atoms with Crippen molar-refractivity contribution in [3.05, 3.63) is 60.2 Å². The Kier molecular flexibility index (Phi) is 4.84. The molecule has 0 bridgehead atoms. The number of anilines is 1. The Morgan fingerprint density at radius 2 is 1.88 bits per heavy atom. The molecule has 0 aliphatic heterocycles. The fourth-order valence-corrected chi connectivity index (χ4v) is 2.24. The number of rotatable bonds is 5. The molecular formula is C18H17N5O2. The van der Waals surface area contributed by atoms with Gasteiger partial charge in [-0.2, -0.15) is 9.67 Å². The fraction of sp³-hybridized carbons (Fsp3) is 0.111. The molecule has 3 rings (SSSR count). The second-order valence-electron chi connectivity index (χ2n) is 5.16. The number of ether oxygens (including phenoxy) is 1. The lowest BCUT2D eigenvalue weighted by Crippen LogP contribution is -2.07. The van der Waals surface area contributed by atoms with Crippen molar-refractivity contribution in [2.75, 3.05) is 12.4 Å². The summed E-state index contributed by atoms with van der Waals surface area (Å²) in [4.78, 5) is 20.0. The van der Waals surface area contributed by atoms with Crippen molar-refractivity contribution in [1.29, 1.82) is 0 Å². The van der Waals surface area contributed by atoms with Crippen LogP contribution in [0.5, 0.6) is 5.75 Å². The number of nitrogens with zero attached hydrogens (tertiary/aromatic N) is 4. The molecule has 1 amide bonds. The van der Waals surface area contributed by atoms with Gasteiger partial charge < -0.3 is 4.74 Å². The highest BCUT2D eigenvalue weighted by molar-refractivity contribution is 5.87. The summed E-state index contributed by atoms with van der Waals surface area (Å²) in [5.74, 6) is 1.01. The summed E-state index contributed by atoms with van der Waals surface area (Å²) in [6, 6.07) is 17.0. The van der Waals surface area contributed by atoms with Crippen LogP contribution in [-0.4, -0.2) is 34.0 Å². The van der Waals surface area contributed by atoms with Crippen LogP contribution in [0.4, 0.5) is 11.9 Å². The van der Waals surface area contributed by atoms with Gasteiger partial charge >= 0.3 is 0 Å². The minimum atomic E-state index is -0.245. The lowest BCUT2D eigenvalue weighted by Gasteiger charge is -2.03. The van der Waals surface area contributed by atoms with Crippen LogP contribution >= 0.6 is 0 Å². The molecule has 0 saturated carbocycles. The van der Waals surface area contributed by atoms with Crippen LogP contribution < -0.4 is 10.1 Å². The van der Waals surface area contributed by atoms with E-state index in [4.69, 9.17) is 4.74 Å². The molecule has 7 heteroatoms. The summed E-state index contributed by atoms with van der Waals surface area (Å²) >= 11 is 0. The van der Waals surface area contributed by atoms with Crippen molar-refractivity contribution < 1.29 is 9.53 Å². The Labute approximate surface area is 145 Å². The van der Waals surface area contributed by atoms with Gasteiger partial charge in [0.15, 0.2) is 0 Å². The first-order valence-electron chi connectivity index (χ1n) is 7.64. The zero-order valence-corrected chi connectivity index (χ0v) is 13.9. The van der Waals surface area contributed by atoms with Gasteiger partial charge in [0.2, 0.25) is 5.91 Å². The maximum atomic E-state index is 11.3. The minimum absolute atomic E-state index is 0.198. The number of aromatic nitrogens is 3. The molecule has 0 aliphatic rings. The molecule has 1 aromatic heterocycles. The van der Waals surface area contributed by atoms with Crippen LogP contribution in [0.25, 0.3) is 5.69 Å². The van der Waals surface area contributed by atoms with Gasteiger partial charge in [-0.1, -0.05) is 30.3 Å². The minimum Gasteiger partial charge on any atom is -0.496 e. The highest BCUT2D eigenvalue weighted by Crippen LogP contribution is 2.20. The van der Waals surface area contributed by atoms with Crippen molar-refractivity contribution >= 4 is 24.0 Å². The van der Waals surface area contributed by atoms with Crippen molar-refractivity contribution in [3.8, 4) is 11.4 Å². The van der Waals surface area contributed by atoms with Gasteiger partial charge in [0.25, 0.3) is 11.9 Å². The van der Waals surface area contributed by atoms with Crippen LogP contribution in [0, 0.1) is 0 Å². The third kappa shape index (κ3) is 3.89. The van der Waals surface area contributed by atoms with E-state index in [2.05, 4.69) is 20.4 Å².